The van der Waals surface area contributed by atoms with Gasteiger partial charge in [0.2, 0.25) is 0 Å². The van der Waals surface area contributed by atoms with Crippen molar-refractivity contribution in [3.63, 3.8) is 0 Å². The largest absolute Gasteiger partial charge is 0.427 e. The van der Waals surface area contributed by atoms with E-state index in [2.05, 4.69) is 16.3 Å². The number of fused-ring (bicyclic) bond motifs is 2. The summed E-state index contributed by atoms with van der Waals surface area (Å²) in [6.45, 7) is 4.32. The quantitative estimate of drug-likeness (QED) is 0.370. The molecule has 198 valence electrons. The van der Waals surface area contributed by atoms with E-state index in [1.807, 2.05) is 54.6 Å². The van der Waals surface area contributed by atoms with E-state index in [-0.39, 0.29) is 29.3 Å². The second kappa shape index (κ2) is 10.2. The van der Waals surface area contributed by atoms with Crippen LogP contribution < -0.4 is 10.1 Å². The maximum atomic E-state index is 13.4. The van der Waals surface area contributed by atoms with Gasteiger partial charge < -0.3 is 20.1 Å². The number of carbonyl (C=O) groups is 2. The first-order chi connectivity index (χ1) is 18.4. The van der Waals surface area contributed by atoms with Crippen LogP contribution in [0.1, 0.15) is 54.9 Å². The van der Waals surface area contributed by atoms with Gasteiger partial charge in [-0.05, 0) is 85.2 Å². The molecule has 1 aliphatic heterocycles. The number of amides is 1. The number of rotatable bonds is 6. The van der Waals surface area contributed by atoms with Crippen molar-refractivity contribution < 1.29 is 19.4 Å². The van der Waals surface area contributed by atoms with E-state index in [0.717, 1.165) is 54.7 Å². The van der Waals surface area contributed by atoms with Crippen molar-refractivity contribution in [3.05, 3.63) is 77.9 Å². The first kappa shape index (κ1) is 25.1. The molecule has 1 heterocycles. The number of piperidine rings is 1. The number of nitrogens with zero attached hydrogens (tertiary/aromatic N) is 1. The van der Waals surface area contributed by atoms with Gasteiger partial charge in [-0.25, -0.2) is 0 Å². The van der Waals surface area contributed by atoms with Gasteiger partial charge in [0.1, 0.15) is 5.75 Å². The van der Waals surface area contributed by atoms with Gasteiger partial charge in [-0.2, -0.15) is 0 Å². The van der Waals surface area contributed by atoms with Crippen LogP contribution in [0.2, 0.25) is 0 Å². The predicted molar refractivity (Wildman–Crippen MR) is 147 cm³/mol. The number of hydrogen-bond donors (Lipinski definition) is 2. The molecule has 38 heavy (non-hydrogen) atoms. The summed E-state index contributed by atoms with van der Waals surface area (Å²) in [7, 11) is 0. The van der Waals surface area contributed by atoms with Crippen molar-refractivity contribution in [2.75, 3.05) is 19.6 Å². The lowest BCUT2D eigenvalue weighted by Crippen LogP contribution is -2.61. The highest BCUT2D eigenvalue weighted by Crippen LogP contribution is 2.50. The van der Waals surface area contributed by atoms with E-state index in [1.54, 1.807) is 6.07 Å². The number of hydrogen-bond acceptors (Lipinski definition) is 5. The molecule has 4 atom stereocenters. The minimum Gasteiger partial charge on any atom is -0.427 e. The summed E-state index contributed by atoms with van der Waals surface area (Å²) in [6, 6.07) is 21.4. The topological polar surface area (TPSA) is 78.9 Å². The van der Waals surface area contributed by atoms with Crippen LogP contribution >= 0.6 is 0 Å². The van der Waals surface area contributed by atoms with E-state index in [1.165, 1.54) is 19.8 Å². The smallest absolute Gasteiger partial charge is 0.308 e. The Morgan fingerprint density at radius 3 is 2.66 bits per heavy atom. The third-order valence-corrected chi connectivity index (χ3v) is 8.87. The molecule has 1 unspecified atom stereocenters. The summed E-state index contributed by atoms with van der Waals surface area (Å²) in [5, 5.41) is 16.9. The average Bonchev–Trinajstić information content (AvgIpc) is 3.72. The average molecular weight is 513 g/mol. The third kappa shape index (κ3) is 5.07. The molecule has 1 saturated heterocycles. The molecule has 3 aromatic rings. The second-order valence-corrected chi connectivity index (χ2v) is 11.6. The molecule has 6 nitrogen and oxygen atoms in total. The molecular weight excluding hydrogens is 476 g/mol. The summed E-state index contributed by atoms with van der Waals surface area (Å²) in [5.41, 5.74) is 1.40. The van der Waals surface area contributed by atoms with Gasteiger partial charge in [0.05, 0.1) is 6.10 Å². The Morgan fingerprint density at radius 1 is 1.05 bits per heavy atom. The van der Waals surface area contributed by atoms with Crippen molar-refractivity contribution in [2.45, 2.75) is 56.6 Å². The van der Waals surface area contributed by atoms with Crippen LogP contribution in [0.15, 0.2) is 66.7 Å². The van der Waals surface area contributed by atoms with E-state index in [0.29, 0.717) is 17.7 Å². The number of likely N-dealkylation sites (tertiary alicyclic amines) is 1. The van der Waals surface area contributed by atoms with Crippen LogP contribution in [0, 0.1) is 11.8 Å². The van der Waals surface area contributed by atoms with Gasteiger partial charge in [0.15, 0.2) is 0 Å². The molecule has 6 heteroatoms. The van der Waals surface area contributed by atoms with E-state index in [4.69, 9.17) is 4.74 Å². The molecule has 0 bridgehead atoms. The van der Waals surface area contributed by atoms with Crippen molar-refractivity contribution in [2.24, 2.45) is 11.8 Å². The zero-order valence-electron chi connectivity index (χ0n) is 21.9. The molecule has 2 saturated carbocycles. The molecule has 3 aliphatic rings. The number of aliphatic hydroxyl groups is 1. The molecule has 1 amide bonds. The zero-order valence-corrected chi connectivity index (χ0v) is 21.9. The van der Waals surface area contributed by atoms with Gasteiger partial charge >= 0.3 is 5.97 Å². The first-order valence-corrected chi connectivity index (χ1v) is 13.9. The van der Waals surface area contributed by atoms with Gasteiger partial charge in [0.25, 0.3) is 5.91 Å². The summed E-state index contributed by atoms with van der Waals surface area (Å²) >= 11 is 0. The lowest BCUT2D eigenvalue weighted by Gasteiger charge is -2.55. The first-order valence-electron chi connectivity index (χ1n) is 13.9. The van der Waals surface area contributed by atoms with E-state index < -0.39 is 6.10 Å². The highest BCUT2D eigenvalue weighted by molar-refractivity contribution is 5.98. The molecule has 2 N–H and O–H groups in total. The SMILES string of the molecule is CC(=O)Oc1cccc([C@@]23CCN(CC4CC4)C[C@H]2C(O)C[C@H](NC(=O)c2ccc4ccccc4c2)C3)c1. The van der Waals surface area contributed by atoms with Crippen molar-refractivity contribution >= 4 is 22.6 Å². The summed E-state index contributed by atoms with van der Waals surface area (Å²) in [5.74, 6) is 0.919. The van der Waals surface area contributed by atoms with Gasteiger partial charge in [-0.1, -0.05) is 42.5 Å². The number of carbonyl (C=O) groups excluding carboxylic acids is 2. The highest BCUT2D eigenvalue weighted by Gasteiger charge is 2.52. The van der Waals surface area contributed by atoms with Gasteiger partial charge in [-0.15, -0.1) is 0 Å². The number of nitrogens with one attached hydrogen (secondary N) is 1. The fourth-order valence-electron chi connectivity index (χ4n) is 6.86. The number of esters is 1. The molecule has 0 aromatic heterocycles. The lowest BCUT2D eigenvalue weighted by atomic mass is 9.57. The van der Waals surface area contributed by atoms with Crippen molar-refractivity contribution in [3.8, 4) is 5.75 Å². The monoisotopic (exact) mass is 512 g/mol. The maximum absolute atomic E-state index is 13.4. The Bertz CT molecular complexity index is 1350. The Hall–Kier alpha value is -3.22. The van der Waals surface area contributed by atoms with Crippen LogP contribution in [0.25, 0.3) is 10.8 Å². The Kier molecular flexibility index (Phi) is 6.70. The summed E-state index contributed by atoms with van der Waals surface area (Å²) < 4.78 is 5.43. The zero-order chi connectivity index (χ0) is 26.3. The van der Waals surface area contributed by atoms with Gasteiger partial charge in [-0.3, -0.25) is 9.59 Å². The standard InChI is InChI=1S/C32H36N2O4/c1-21(35)38-28-8-4-7-26(16-28)32-13-14-34(19-22-9-10-22)20-29(32)30(36)17-27(18-32)33-31(37)25-12-11-23-5-2-3-6-24(23)15-25/h2-8,11-12,15-16,22,27,29-30,36H,9-10,13-14,17-20H2,1H3,(H,33,37)/t27-,29-,30?,32-/m0/s1. The molecule has 2 aliphatic carbocycles. The number of benzene rings is 3. The molecule has 6 rings (SSSR count). The van der Waals surface area contributed by atoms with Crippen LogP contribution in [-0.2, 0) is 10.2 Å². The van der Waals surface area contributed by atoms with Crippen LogP contribution in [0.3, 0.4) is 0 Å². The molecule has 0 radical (unpaired) electrons. The van der Waals surface area contributed by atoms with Crippen LogP contribution in [-0.4, -0.2) is 53.7 Å². The van der Waals surface area contributed by atoms with E-state index in [9.17, 15) is 14.7 Å². The van der Waals surface area contributed by atoms with E-state index >= 15 is 0 Å². The molecule has 3 fully saturated rings. The molecular formula is C32H36N2O4. The maximum Gasteiger partial charge on any atom is 0.308 e. The Balaban J connectivity index is 1.28. The minimum absolute atomic E-state index is 0.0522. The lowest BCUT2D eigenvalue weighted by molar-refractivity contribution is -0.131. The second-order valence-electron chi connectivity index (χ2n) is 11.6. The Labute approximate surface area is 224 Å². The normalized spacial score (nSPS) is 27.5. The Morgan fingerprint density at radius 2 is 1.87 bits per heavy atom. The summed E-state index contributed by atoms with van der Waals surface area (Å²) in [6.07, 6.45) is 4.25. The fraction of sp³-hybridized carbons (Fsp3) is 0.438. The van der Waals surface area contributed by atoms with Crippen molar-refractivity contribution in [1.82, 2.24) is 10.2 Å². The number of aliphatic hydroxyl groups excluding tert-OH is 1. The molecule has 0 spiro atoms. The third-order valence-electron chi connectivity index (χ3n) is 8.87. The van der Waals surface area contributed by atoms with Gasteiger partial charge in [0, 0.05) is 43.0 Å². The molecule has 3 aromatic carbocycles. The van der Waals surface area contributed by atoms with Crippen LogP contribution in [0.4, 0.5) is 0 Å². The van der Waals surface area contributed by atoms with Crippen molar-refractivity contribution in [1.29, 1.82) is 0 Å². The van der Waals surface area contributed by atoms with Crippen LogP contribution in [0.5, 0.6) is 5.75 Å². The predicted octanol–water partition coefficient (Wildman–Crippen LogP) is 4.69. The minimum atomic E-state index is -0.537. The number of ether oxygens (including phenoxy) is 1. The summed E-state index contributed by atoms with van der Waals surface area (Å²) in [4.78, 5) is 27.5. The highest BCUT2D eigenvalue weighted by atomic mass is 16.5. The fourth-order valence-corrected chi connectivity index (χ4v) is 6.86.